The van der Waals surface area contributed by atoms with E-state index in [4.69, 9.17) is 17.2 Å². The van der Waals surface area contributed by atoms with Crippen molar-refractivity contribution < 1.29 is 0 Å². The van der Waals surface area contributed by atoms with Crippen molar-refractivity contribution in [3.63, 3.8) is 0 Å². The Labute approximate surface area is 197 Å². The van der Waals surface area contributed by atoms with E-state index < -0.39 is 0 Å². The molecule has 0 aliphatic carbocycles. The predicted molar refractivity (Wildman–Crippen MR) is 135 cm³/mol. The van der Waals surface area contributed by atoms with Crippen LogP contribution in [0.2, 0.25) is 0 Å². The third-order valence-corrected chi connectivity index (χ3v) is 6.87. The van der Waals surface area contributed by atoms with Gasteiger partial charge in [-0.05, 0) is 89.9 Å². The highest BCUT2D eigenvalue weighted by Gasteiger charge is 2.42. The van der Waals surface area contributed by atoms with E-state index in [0.717, 1.165) is 30.3 Å². The molecule has 1 aliphatic heterocycles. The van der Waals surface area contributed by atoms with Gasteiger partial charge in [-0.3, -0.25) is 4.98 Å². The molecule has 1 aromatic carbocycles. The van der Waals surface area contributed by atoms with Crippen molar-refractivity contribution in [2.24, 2.45) is 0 Å². The normalized spacial score (nSPS) is 18.4. The molecular formula is C26H33N5S. The average Bonchev–Trinajstić information content (AvgIpc) is 3.22. The number of aromatic nitrogens is 2. The Morgan fingerprint density at radius 1 is 1.00 bits per heavy atom. The highest BCUT2D eigenvalue weighted by atomic mass is 32.1. The molecule has 0 unspecified atom stereocenters. The van der Waals surface area contributed by atoms with Gasteiger partial charge in [-0.1, -0.05) is 24.3 Å². The van der Waals surface area contributed by atoms with Crippen LogP contribution < -0.4 is 5.32 Å². The number of para-hydroxylation sites is 1. The summed E-state index contributed by atoms with van der Waals surface area (Å²) in [5, 5.41) is 4.42. The second-order valence-corrected chi connectivity index (χ2v) is 9.24. The monoisotopic (exact) mass is 447 g/mol. The van der Waals surface area contributed by atoms with E-state index in [-0.39, 0.29) is 12.1 Å². The minimum Gasteiger partial charge on any atom is -0.352 e. The van der Waals surface area contributed by atoms with Crippen LogP contribution in [0.4, 0.5) is 0 Å². The first-order chi connectivity index (χ1) is 15.4. The Morgan fingerprint density at radius 3 is 2.38 bits per heavy atom. The predicted octanol–water partition coefficient (Wildman–Crippen LogP) is 4.72. The van der Waals surface area contributed by atoms with E-state index in [1.54, 1.807) is 0 Å². The molecule has 168 valence electrons. The molecule has 0 bridgehead atoms. The largest absolute Gasteiger partial charge is 0.352 e. The molecule has 0 saturated carbocycles. The summed E-state index contributed by atoms with van der Waals surface area (Å²) < 4.78 is 2.37. The zero-order chi connectivity index (χ0) is 22.8. The maximum absolute atomic E-state index is 5.86. The van der Waals surface area contributed by atoms with Gasteiger partial charge in [0.2, 0.25) is 0 Å². The molecule has 1 saturated heterocycles. The van der Waals surface area contributed by atoms with Gasteiger partial charge in [-0.25, -0.2) is 0 Å². The third-order valence-electron chi connectivity index (χ3n) is 6.52. The van der Waals surface area contributed by atoms with Gasteiger partial charge >= 0.3 is 0 Å². The molecule has 1 fully saturated rings. The number of nitrogens with zero attached hydrogens (tertiary/aromatic N) is 4. The van der Waals surface area contributed by atoms with E-state index >= 15 is 0 Å². The van der Waals surface area contributed by atoms with E-state index in [2.05, 4.69) is 97.0 Å². The van der Waals surface area contributed by atoms with E-state index in [1.165, 1.54) is 28.2 Å². The average molecular weight is 448 g/mol. The molecule has 0 amide bonds. The fourth-order valence-electron chi connectivity index (χ4n) is 4.92. The van der Waals surface area contributed by atoms with E-state index in [0.29, 0.717) is 0 Å². The molecule has 1 aliphatic rings. The first-order valence-electron chi connectivity index (χ1n) is 11.3. The zero-order valence-electron chi connectivity index (χ0n) is 19.7. The minimum atomic E-state index is 0.0199. The van der Waals surface area contributed by atoms with Crippen LogP contribution in [0.1, 0.15) is 46.7 Å². The molecule has 3 aromatic rings. The van der Waals surface area contributed by atoms with Crippen LogP contribution in [0.5, 0.6) is 0 Å². The minimum absolute atomic E-state index is 0.0199. The lowest BCUT2D eigenvalue weighted by Crippen LogP contribution is -2.32. The van der Waals surface area contributed by atoms with Crippen molar-refractivity contribution in [1.82, 2.24) is 24.7 Å². The Balaban J connectivity index is 1.81. The highest BCUT2D eigenvalue weighted by molar-refractivity contribution is 7.80. The number of pyridine rings is 1. The summed E-state index contributed by atoms with van der Waals surface area (Å²) in [6.07, 6.45) is 2.92. The maximum Gasteiger partial charge on any atom is 0.170 e. The van der Waals surface area contributed by atoms with Crippen LogP contribution in [0.3, 0.4) is 0 Å². The summed E-state index contributed by atoms with van der Waals surface area (Å²) in [6, 6.07) is 16.8. The summed E-state index contributed by atoms with van der Waals surface area (Å²) in [7, 11) is 4.23. The SMILES string of the molecule is Cc1c([C@H]2[C@H](c3ccccn3)NC(=S)N2CCCN(C)C)c(C)n(-c2ccccc2)c1C. The standard InChI is InChI=1S/C26H33N5S/c1-18-19(2)31(21-12-7-6-8-13-21)20(3)23(18)25-24(22-14-9-10-15-27-22)28-26(32)30(25)17-11-16-29(4)5/h6-10,12-15,24-25H,11,16-17H2,1-5H3,(H,28,32)/t24-,25-/m0/s1. The molecule has 2 aromatic heterocycles. The molecule has 4 rings (SSSR count). The molecule has 5 nitrogen and oxygen atoms in total. The number of hydrogen-bond donors (Lipinski definition) is 1. The molecule has 2 atom stereocenters. The van der Waals surface area contributed by atoms with Gasteiger partial charge in [-0.2, -0.15) is 0 Å². The van der Waals surface area contributed by atoms with Gasteiger partial charge in [-0.15, -0.1) is 0 Å². The zero-order valence-corrected chi connectivity index (χ0v) is 20.5. The lowest BCUT2D eigenvalue weighted by atomic mass is 9.93. The Kier molecular flexibility index (Phi) is 6.63. The van der Waals surface area contributed by atoms with Crippen molar-refractivity contribution in [3.05, 3.63) is 82.9 Å². The lowest BCUT2D eigenvalue weighted by molar-refractivity contribution is 0.291. The highest BCUT2D eigenvalue weighted by Crippen LogP contribution is 2.43. The molecular weight excluding hydrogens is 414 g/mol. The van der Waals surface area contributed by atoms with Crippen LogP contribution in [0.25, 0.3) is 5.69 Å². The fraction of sp³-hybridized carbons (Fsp3) is 0.385. The number of thiocarbonyl (C=S) groups is 1. The van der Waals surface area contributed by atoms with Crippen LogP contribution in [0, 0.1) is 20.8 Å². The number of hydrogen-bond acceptors (Lipinski definition) is 3. The first kappa shape index (κ1) is 22.5. The van der Waals surface area contributed by atoms with Gasteiger partial charge in [0.05, 0.1) is 17.8 Å². The summed E-state index contributed by atoms with van der Waals surface area (Å²) in [5.74, 6) is 0. The molecule has 3 heterocycles. The molecule has 6 heteroatoms. The van der Waals surface area contributed by atoms with Crippen molar-refractivity contribution in [3.8, 4) is 5.69 Å². The van der Waals surface area contributed by atoms with Crippen LogP contribution in [-0.2, 0) is 0 Å². The lowest BCUT2D eigenvalue weighted by Gasteiger charge is -2.29. The Bertz CT molecular complexity index is 1070. The smallest absolute Gasteiger partial charge is 0.170 e. The maximum atomic E-state index is 5.86. The summed E-state index contributed by atoms with van der Waals surface area (Å²) in [6.45, 7) is 8.63. The quantitative estimate of drug-likeness (QED) is 0.530. The third kappa shape index (κ3) is 4.17. The second-order valence-electron chi connectivity index (χ2n) is 8.86. The second kappa shape index (κ2) is 9.43. The Hall–Kier alpha value is -2.70. The van der Waals surface area contributed by atoms with Crippen LogP contribution in [-0.4, -0.2) is 51.6 Å². The van der Waals surface area contributed by atoms with E-state index in [1.807, 2.05) is 12.3 Å². The number of benzene rings is 1. The summed E-state index contributed by atoms with van der Waals surface area (Å²) >= 11 is 5.86. The summed E-state index contributed by atoms with van der Waals surface area (Å²) in [4.78, 5) is 9.30. The summed E-state index contributed by atoms with van der Waals surface area (Å²) in [5.41, 5.74) is 7.43. The van der Waals surface area contributed by atoms with E-state index in [9.17, 15) is 0 Å². The molecule has 0 radical (unpaired) electrons. The van der Waals surface area contributed by atoms with Crippen molar-refractivity contribution in [2.75, 3.05) is 27.2 Å². The first-order valence-corrected chi connectivity index (χ1v) is 11.7. The fourth-order valence-corrected chi connectivity index (χ4v) is 5.26. The van der Waals surface area contributed by atoms with Gasteiger partial charge < -0.3 is 19.7 Å². The van der Waals surface area contributed by atoms with Gasteiger partial charge in [0.25, 0.3) is 0 Å². The van der Waals surface area contributed by atoms with Gasteiger partial charge in [0.1, 0.15) is 0 Å². The van der Waals surface area contributed by atoms with Crippen LogP contribution in [0.15, 0.2) is 54.7 Å². The van der Waals surface area contributed by atoms with Crippen molar-refractivity contribution in [1.29, 1.82) is 0 Å². The molecule has 32 heavy (non-hydrogen) atoms. The molecule has 0 spiro atoms. The van der Waals surface area contributed by atoms with Gasteiger partial charge in [0, 0.05) is 35.4 Å². The topological polar surface area (TPSA) is 36.3 Å². The number of nitrogens with one attached hydrogen (secondary N) is 1. The Morgan fingerprint density at radius 2 is 1.72 bits per heavy atom. The van der Waals surface area contributed by atoms with Crippen molar-refractivity contribution in [2.45, 2.75) is 39.3 Å². The van der Waals surface area contributed by atoms with Crippen molar-refractivity contribution >= 4 is 17.3 Å². The number of rotatable bonds is 7. The van der Waals surface area contributed by atoms with Gasteiger partial charge in [0.15, 0.2) is 5.11 Å². The molecule has 1 N–H and O–H groups in total. The van der Waals surface area contributed by atoms with Crippen LogP contribution >= 0.6 is 12.2 Å².